The number of thiol groups is 1. The number of hydrogen-bond acceptors (Lipinski definition) is 7. The van der Waals surface area contributed by atoms with Crippen molar-refractivity contribution in [3.8, 4) is 28.5 Å². The number of halogens is 1. The van der Waals surface area contributed by atoms with Gasteiger partial charge in [0.25, 0.3) is 0 Å². The van der Waals surface area contributed by atoms with E-state index in [1.54, 1.807) is 30.5 Å². The number of nitriles is 1. The average Bonchev–Trinajstić information content (AvgIpc) is 2.76. The fraction of sp³-hybridized carbons (Fsp3) is 0.150. The zero-order valence-electron chi connectivity index (χ0n) is 16.1. The summed E-state index contributed by atoms with van der Waals surface area (Å²) in [4.78, 5) is 7.95. The zero-order valence-corrected chi connectivity index (χ0v) is 17.8. The van der Waals surface area contributed by atoms with Gasteiger partial charge in [-0.25, -0.2) is 22.5 Å². The molecule has 0 saturated carbocycles. The second kappa shape index (κ2) is 10.7. The van der Waals surface area contributed by atoms with Crippen molar-refractivity contribution < 1.29 is 12.8 Å². The van der Waals surface area contributed by atoms with Crippen molar-refractivity contribution >= 4 is 28.5 Å². The van der Waals surface area contributed by atoms with Crippen LogP contribution in [0.3, 0.4) is 0 Å². The van der Waals surface area contributed by atoms with Gasteiger partial charge in [-0.1, -0.05) is 24.3 Å². The lowest BCUT2D eigenvalue weighted by atomic mass is 10.0. The standard InChI is InChI=1S/C19H16FN5O2S.CH4S/c20-16-10-13(6-7-15(16)17-11-24-19(22)12-23-17)14-4-1-2-5-18(14)28(26,27)25-9-3-8-21;1-2/h1-2,4-7,10-12,25H,3,9H2,(H2,22,24);2H,1H3. The van der Waals surface area contributed by atoms with Crippen LogP contribution in [-0.4, -0.2) is 31.2 Å². The molecule has 0 bridgehead atoms. The number of nitrogens with two attached hydrogens (primary N) is 1. The Bertz CT molecular complexity index is 1150. The highest BCUT2D eigenvalue weighted by Crippen LogP contribution is 2.31. The van der Waals surface area contributed by atoms with E-state index in [-0.39, 0.29) is 29.2 Å². The summed E-state index contributed by atoms with van der Waals surface area (Å²) in [5.41, 5.74) is 6.78. The lowest BCUT2D eigenvalue weighted by molar-refractivity contribution is 0.582. The van der Waals surface area contributed by atoms with E-state index in [1.165, 1.54) is 30.6 Å². The zero-order chi connectivity index (χ0) is 22.1. The summed E-state index contributed by atoms with van der Waals surface area (Å²) in [6.07, 6.45) is 4.44. The number of nitrogens with one attached hydrogen (secondary N) is 1. The number of rotatable bonds is 6. The minimum absolute atomic E-state index is 0.00370. The van der Waals surface area contributed by atoms with Gasteiger partial charge in [0.15, 0.2) is 0 Å². The van der Waals surface area contributed by atoms with Crippen LogP contribution < -0.4 is 10.5 Å². The van der Waals surface area contributed by atoms with Crippen molar-refractivity contribution in [3.63, 3.8) is 0 Å². The molecule has 0 aliphatic rings. The lowest BCUT2D eigenvalue weighted by Gasteiger charge is -2.12. The number of hydrogen-bond donors (Lipinski definition) is 3. The summed E-state index contributed by atoms with van der Waals surface area (Å²) in [5, 5.41) is 8.59. The number of nitrogen functional groups attached to an aromatic ring is 1. The molecule has 3 N–H and O–H groups in total. The van der Waals surface area contributed by atoms with Crippen LogP contribution in [0.25, 0.3) is 22.4 Å². The second-order valence-corrected chi connectivity index (χ2v) is 7.56. The van der Waals surface area contributed by atoms with Crippen LogP contribution in [0.5, 0.6) is 0 Å². The minimum Gasteiger partial charge on any atom is -0.382 e. The monoisotopic (exact) mass is 445 g/mol. The molecule has 2 aromatic carbocycles. The summed E-state index contributed by atoms with van der Waals surface area (Å²) in [5.74, 6) is -0.343. The third-order valence-electron chi connectivity index (χ3n) is 3.93. The highest BCUT2D eigenvalue weighted by atomic mass is 32.2. The maximum Gasteiger partial charge on any atom is 0.241 e. The van der Waals surface area contributed by atoms with E-state index in [0.717, 1.165) is 0 Å². The normalized spacial score (nSPS) is 10.6. The summed E-state index contributed by atoms with van der Waals surface area (Å²) in [7, 11) is -3.85. The van der Waals surface area contributed by atoms with Gasteiger partial charge in [0, 0.05) is 24.1 Å². The Hall–Kier alpha value is -3.00. The SMILES string of the molecule is CS.N#CCCNS(=O)(=O)c1ccccc1-c1ccc(-c2cnc(N)cn2)c(F)c1. The third-order valence-corrected chi connectivity index (χ3v) is 5.45. The predicted octanol–water partition coefficient (Wildman–Crippen LogP) is 3.27. The molecule has 7 nitrogen and oxygen atoms in total. The first-order valence-corrected chi connectivity index (χ1v) is 11.1. The summed E-state index contributed by atoms with van der Waals surface area (Å²) in [6, 6.07) is 12.5. The van der Waals surface area contributed by atoms with Gasteiger partial charge >= 0.3 is 0 Å². The van der Waals surface area contributed by atoms with Crippen LogP contribution in [0.1, 0.15) is 6.42 Å². The average molecular weight is 446 g/mol. The molecule has 3 aromatic rings. The Kier molecular flexibility index (Phi) is 8.29. The lowest BCUT2D eigenvalue weighted by Crippen LogP contribution is -2.25. The molecule has 0 aliphatic heterocycles. The smallest absolute Gasteiger partial charge is 0.241 e. The Morgan fingerprint density at radius 2 is 1.87 bits per heavy atom. The molecule has 0 aliphatic carbocycles. The van der Waals surface area contributed by atoms with E-state index in [2.05, 4.69) is 27.3 Å². The predicted molar refractivity (Wildman–Crippen MR) is 118 cm³/mol. The first kappa shape index (κ1) is 23.3. The molecule has 1 heterocycles. The number of anilines is 1. The van der Waals surface area contributed by atoms with Gasteiger partial charge in [-0.2, -0.15) is 17.9 Å². The van der Waals surface area contributed by atoms with Gasteiger partial charge in [0.1, 0.15) is 11.6 Å². The fourth-order valence-corrected chi connectivity index (χ4v) is 3.89. The molecule has 0 spiro atoms. The van der Waals surface area contributed by atoms with Gasteiger partial charge in [-0.15, -0.1) is 0 Å². The molecule has 3 rings (SSSR count). The molecule has 0 saturated heterocycles. The second-order valence-electron chi connectivity index (χ2n) is 5.82. The first-order valence-electron chi connectivity index (χ1n) is 8.70. The summed E-state index contributed by atoms with van der Waals surface area (Å²) in [6.45, 7) is -0.00370. The van der Waals surface area contributed by atoms with Crippen molar-refractivity contribution in [2.24, 2.45) is 0 Å². The number of sulfonamides is 1. The Balaban J connectivity index is 0.00000155. The van der Waals surface area contributed by atoms with Crippen molar-refractivity contribution in [2.75, 3.05) is 18.5 Å². The van der Waals surface area contributed by atoms with Crippen molar-refractivity contribution in [1.82, 2.24) is 14.7 Å². The van der Waals surface area contributed by atoms with Crippen LogP contribution in [0.4, 0.5) is 10.2 Å². The Morgan fingerprint density at radius 1 is 1.13 bits per heavy atom. The largest absolute Gasteiger partial charge is 0.382 e. The number of nitrogens with zero attached hydrogens (tertiary/aromatic N) is 3. The van der Waals surface area contributed by atoms with Crippen LogP contribution in [0.15, 0.2) is 59.8 Å². The van der Waals surface area contributed by atoms with Gasteiger partial charge < -0.3 is 5.73 Å². The quantitative estimate of drug-likeness (QED) is 0.395. The molecule has 0 unspecified atom stereocenters. The Morgan fingerprint density at radius 3 is 2.50 bits per heavy atom. The summed E-state index contributed by atoms with van der Waals surface area (Å²) >= 11 is 3.53. The number of aromatic nitrogens is 2. The fourth-order valence-electron chi connectivity index (χ4n) is 2.63. The topological polar surface area (TPSA) is 122 Å². The number of benzene rings is 2. The third kappa shape index (κ3) is 5.54. The highest BCUT2D eigenvalue weighted by Gasteiger charge is 2.19. The van der Waals surface area contributed by atoms with E-state index in [1.807, 2.05) is 6.07 Å². The van der Waals surface area contributed by atoms with Gasteiger partial charge in [-0.3, -0.25) is 4.98 Å². The molecule has 30 heavy (non-hydrogen) atoms. The van der Waals surface area contributed by atoms with Crippen LogP contribution in [-0.2, 0) is 10.0 Å². The van der Waals surface area contributed by atoms with E-state index >= 15 is 0 Å². The van der Waals surface area contributed by atoms with Crippen molar-refractivity contribution in [2.45, 2.75) is 11.3 Å². The molecule has 0 fully saturated rings. The minimum atomic E-state index is -3.85. The van der Waals surface area contributed by atoms with Crippen LogP contribution >= 0.6 is 12.6 Å². The highest BCUT2D eigenvalue weighted by molar-refractivity contribution is 7.89. The maximum atomic E-state index is 14.7. The summed E-state index contributed by atoms with van der Waals surface area (Å²) < 4.78 is 42.2. The van der Waals surface area contributed by atoms with Crippen LogP contribution in [0.2, 0.25) is 0 Å². The first-order chi connectivity index (χ1) is 14.4. The molecule has 1 aromatic heterocycles. The molecular formula is C20H20FN5O2S2. The van der Waals surface area contributed by atoms with Crippen molar-refractivity contribution in [3.05, 3.63) is 60.7 Å². The van der Waals surface area contributed by atoms with Gasteiger partial charge in [0.05, 0.1) is 29.1 Å². The van der Waals surface area contributed by atoms with Crippen LogP contribution in [0, 0.1) is 17.1 Å². The molecule has 156 valence electrons. The molecular weight excluding hydrogens is 425 g/mol. The van der Waals surface area contributed by atoms with Crippen molar-refractivity contribution in [1.29, 1.82) is 5.26 Å². The maximum absolute atomic E-state index is 14.7. The molecule has 0 amide bonds. The molecule has 0 radical (unpaired) electrons. The van der Waals surface area contributed by atoms with E-state index in [9.17, 15) is 12.8 Å². The molecule has 10 heteroatoms. The van der Waals surface area contributed by atoms with E-state index in [4.69, 9.17) is 11.0 Å². The molecule has 0 atom stereocenters. The van der Waals surface area contributed by atoms with Gasteiger partial charge in [0.2, 0.25) is 10.0 Å². The van der Waals surface area contributed by atoms with Gasteiger partial charge in [-0.05, 0) is 30.0 Å². The van der Waals surface area contributed by atoms with E-state index < -0.39 is 15.8 Å². The van der Waals surface area contributed by atoms with E-state index in [0.29, 0.717) is 16.8 Å². The Labute approximate surface area is 180 Å².